The summed E-state index contributed by atoms with van der Waals surface area (Å²) in [7, 11) is 0. The lowest BCUT2D eigenvalue weighted by Gasteiger charge is -2.12. The first-order chi connectivity index (χ1) is 9.56. The van der Waals surface area contributed by atoms with E-state index in [-0.39, 0.29) is 5.82 Å². The van der Waals surface area contributed by atoms with Crippen molar-refractivity contribution < 1.29 is 4.39 Å². The van der Waals surface area contributed by atoms with Gasteiger partial charge in [0.2, 0.25) is 0 Å². The number of hydrogen-bond donors (Lipinski definition) is 1. The van der Waals surface area contributed by atoms with E-state index in [1.165, 1.54) is 12.1 Å². The molecule has 0 amide bonds. The van der Waals surface area contributed by atoms with Gasteiger partial charge in [0.15, 0.2) is 0 Å². The molecule has 1 aromatic heterocycles. The molecular weight excluding hydrogens is 251 g/mol. The van der Waals surface area contributed by atoms with Gasteiger partial charge < -0.3 is 5.73 Å². The summed E-state index contributed by atoms with van der Waals surface area (Å²) in [4.78, 5) is 4.43. The molecule has 0 bridgehead atoms. The maximum absolute atomic E-state index is 13.1. The Labute approximate surface area is 117 Å². The average Bonchev–Trinajstić information content (AvgIpc) is 2.40. The van der Waals surface area contributed by atoms with Crippen LogP contribution in [0, 0.1) is 19.7 Å². The van der Waals surface area contributed by atoms with Gasteiger partial charge in [-0.15, -0.1) is 0 Å². The van der Waals surface area contributed by atoms with Crippen LogP contribution >= 0.6 is 0 Å². The third-order valence-corrected chi connectivity index (χ3v) is 3.47. The van der Waals surface area contributed by atoms with E-state index in [9.17, 15) is 4.39 Å². The van der Waals surface area contributed by atoms with Gasteiger partial charge in [0.1, 0.15) is 5.82 Å². The number of nitrogens with two attached hydrogens (primary N) is 1. The molecule has 0 unspecified atom stereocenters. The molecule has 2 nitrogen and oxygen atoms in total. The first-order valence-electron chi connectivity index (χ1n) is 6.47. The fourth-order valence-corrected chi connectivity index (χ4v) is 2.61. The summed E-state index contributed by atoms with van der Waals surface area (Å²) in [5, 5.41) is 1.01. The zero-order chi connectivity index (χ0) is 14.3. The van der Waals surface area contributed by atoms with Gasteiger partial charge in [-0.25, -0.2) is 4.39 Å². The largest absolute Gasteiger partial charge is 0.397 e. The monoisotopic (exact) mass is 266 g/mol. The number of halogens is 1. The molecule has 3 heteroatoms. The Balaban J connectivity index is 2.39. The van der Waals surface area contributed by atoms with Crippen molar-refractivity contribution in [2.45, 2.75) is 13.8 Å². The van der Waals surface area contributed by atoms with Crippen molar-refractivity contribution in [2.24, 2.45) is 0 Å². The van der Waals surface area contributed by atoms with Crippen LogP contribution in [0.1, 0.15) is 11.1 Å². The molecule has 2 aromatic carbocycles. The van der Waals surface area contributed by atoms with E-state index in [1.807, 2.05) is 13.8 Å². The molecule has 0 spiro atoms. The summed E-state index contributed by atoms with van der Waals surface area (Å²) in [6.07, 6.45) is 1.67. The second-order valence-electron chi connectivity index (χ2n) is 5.07. The van der Waals surface area contributed by atoms with Crippen molar-refractivity contribution in [1.29, 1.82) is 0 Å². The predicted molar refractivity (Wildman–Crippen MR) is 81.0 cm³/mol. The standard InChI is InChI=1S/C17H15FN2/c1-10-7-11(2)17-14(8-10)16(15(19)9-20-17)12-3-5-13(18)6-4-12/h3-9H,19H2,1-2H3. The molecule has 0 saturated heterocycles. The van der Waals surface area contributed by atoms with Crippen LogP contribution in [0.4, 0.5) is 10.1 Å². The third-order valence-electron chi connectivity index (χ3n) is 3.47. The van der Waals surface area contributed by atoms with Crippen LogP contribution in [0.2, 0.25) is 0 Å². The van der Waals surface area contributed by atoms with Gasteiger partial charge >= 0.3 is 0 Å². The first-order valence-corrected chi connectivity index (χ1v) is 6.47. The van der Waals surface area contributed by atoms with E-state index in [4.69, 9.17) is 5.73 Å². The Morgan fingerprint density at radius 2 is 1.75 bits per heavy atom. The highest BCUT2D eigenvalue weighted by atomic mass is 19.1. The molecule has 3 aromatic rings. The first kappa shape index (κ1) is 12.6. The normalized spacial score (nSPS) is 10.9. The highest BCUT2D eigenvalue weighted by Crippen LogP contribution is 2.34. The van der Waals surface area contributed by atoms with Gasteiger partial charge in [-0.05, 0) is 43.2 Å². The molecule has 0 atom stereocenters. The fourth-order valence-electron chi connectivity index (χ4n) is 2.61. The number of nitrogens with zero attached hydrogens (tertiary/aromatic N) is 1. The lowest BCUT2D eigenvalue weighted by molar-refractivity contribution is 0.628. The van der Waals surface area contributed by atoms with Gasteiger partial charge in [0.05, 0.1) is 17.4 Å². The van der Waals surface area contributed by atoms with Crippen molar-refractivity contribution >= 4 is 16.6 Å². The Kier molecular flexibility index (Phi) is 2.90. The van der Waals surface area contributed by atoms with Gasteiger partial charge in [0, 0.05) is 10.9 Å². The number of hydrogen-bond acceptors (Lipinski definition) is 2. The summed E-state index contributed by atoms with van der Waals surface area (Å²) < 4.78 is 13.1. The van der Waals surface area contributed by atoms with Gasteiger partial charge in [-0.2, -0.15) is 0 Å². The maximum Gasteiger partial charge on any atom is 0.123 e. The molecule has 0 saturated carbocycles. The highest BCUT2D eigenvalue weighted by Gasteiger charge is 2.11. The van der Waals surface area contributed by atoms with Gasteiger partial charge in [-0.1, -0.05) is 23.8 Å². The summed E-state index contributed by atoms with van der Waals surface area (Å²) >= 11 is 0. The van der Waals surface area contributed by atoms with Crippen molar-refractivity contribution in [1.82, 2.24) is 4.98 Å². The molecule has 100 valence electrons. The summed E-state index contributed by atoms with van der Waals surface area (Å²) in [5.74, 6) is -0.252. The number of fused-ring (bicyclic) bond motifs is 1. The van der Waals surface area contributed by atoms with Crippen molar-refractivity contribution in [2.75, 3.05) is 5.73 Å². The minimum absolute atomic E-state index is 0.252. The molecule has 2 N–H and O–H groups in total. The Morgan fingerprint density at radius 3 is 2.45 bits per heavy atom. The quantitative estimate of drug-likeness (QED) is 0.715. The lowest BCUT2D eigenvalue weighted by Crippen LogP contribution is -1.96. The van der Waals surface area contributed by atoms with E-state index in [2.05, 4.69) is 17.1 Å². The topological polar surface area (TPSA) is 38.9 Å². The molecule has 3 rings (SSSR count). The van der Waals surface area contributed by atoms with Gasteiger partial charge in [0.25, 0.3) is 0 Å². The summed E-state index contributed by atoms with van der Waals surface area (Å²) in [6, 6.07) is 10.6. The van der Waals surface area contributed by atoms with E-state index in [0.29, 0.717) is 5.69 Å². The van der Waals surface area contributed by atoms with E-state index in [0.717, 1.165) is 33.2 Å². The van der Waals surface area contributed by atoms with Gasteiger partial charge in [-0.3, -0.25) is 4.98 Å². The van der Waals surface area contributed by atoms with E-state index < -0.39 is 0 Å². The minimum Gasteiger partial charge on any atom is -0.397 e. The fraction of sp³-hybridized carbons (Fsp3) is 0.118. The van der Waals surface area contributed by atoms with Crippen LogP contribution in [-0.4, -0.2) is 4.98 Å². The number of benzene rings is 2. The second kappa shape index (κ2) is 4.60. The Morgan fingerprint density at radius 1 is 1.05 bits per heavy atom. The summed E-state index contributed by atoms with van der Waals surface area (Å²) in [6.45, 7) is 4.08. The molecule has 0 aliphatic carbocycles. The number of rotatable bonds is 1. The highest BCUT2D eigenvalue weighted by molar-refractivity contribution is 6.01. The number of nitrogen functional groups attached to an aromatic ring is 1. The number of aromatic nitrogens is 1. The molecule has 0 aliphatic rings. The molecule has 0 fully saturated rings. The maximum atomic E-state index is 13.1. The number of pyridine rings is 1. The molecule has 0 radical (unpaired) electrons. The van der Waals surface area contributed by atoms with Crippen LogP contribution in [0.5, 0.6) is 0 Å². The van der Waals surface area contributed by atoms with E-state index >= 15 is 0 Å². The molecule has 20 heavy (non-hydrogen) atoms. The minimum atomic E-state index is -0.252. The predicted octanol–water partition coefficient (Wildman–Crippen LogP) is 4.24. The third kappa shape index (κ3) is 2.01. The van der Waals surface area contributed by atoms with Crippen molar-refractivity contribution in [3.63, 3.8) is 0 Å². The Hall–Kier alpha value is -2.42. The second-order valence-corrected chi connectivity index (χ2v) is 5.07. The zero-order valence-corrected chi connectivity index (χ0v) is 11.4. The van der Waals surface area contributed by atoms with Crippen LogP contribution in [0.25, 0.3) is 22.0 Å². The molecule has 1 heterocycles. The van der Waals surface area contributed by atoms with E-state index in [1.54, 1.807) is 18.3 Å². The lowest BCUT2D eigenvalue weighted by atomic mass is 9.96. The summed E-state index contributed by atoms with van der Waals surface area (Å²) in [5.41, 5.74) is 11.7. The Bertz CT molecular complexity index is 792. The molecule has 0 aliphatic heterocycles. The van der Waals surface area contributed by atoms with Crippen LogP contribution in [0.3, 0.4) is 0 Å². The van der Waals surface area contributed by atoms with Crippen LogP contribution < -0.4 is 5.73 Å². The molecular formula is C17H15FN2. The average molecular weight is 266 g/mol. The smallest absolute Gasteiger partial charge is 0.123 e. The number of aryl methyl sites for hydroxylation is 2. The SMILES string of the molecule is Cc1cc(C)c2ncc(N)c(-c3ccc(F)cc3)c2c1. The van der Waals surface area contributed by atoms with Crippen molar-refractivity contribution in [3.05, 3.63) is 59.5 Å². The zero-order valence-electron chi connectivity index (χ0n) is 11.4. The van der Waals surface area contributed by atoms with Crippen LogP contribution in [-0.2, 0) is 0 Å². The number of anilines is 1. The van der Waals surface area contributed by atoms with Crippen molar-refractivity contribution in [3.8, 4) is 11.1 Å². The van der Waals surface area contributed by atoms with Crippen LogP contribution in [0.15, 0.2) is 42.6 Å².